The Kier molecular flexibility index (Phi) is 10.2. The number of aliphatic imine (C=N–C) groups is 1. The Morgan fingerprint density at radius 3 is 2.29 bits per heavy atom. The van der Waals surface area contributed by atoms with Crippen LogP contribution in [0.15, 0.2) is 29.3 Å². The van der Waals surface area contributed by atoms with Crippen molar-refractivity contribution in [2.45, 2.75) is 6.54 Å². The molecule has 2 rings (SSSR count). The molecule has 1 fully saturated rings. The molecule has 0 aliphatic carbocycles. The normalized spacial score (nSPS) is 16.8. The molecular weight excluding hydrogens is 493 g/mol. The van der Waals surface area contributed by atoms with Gasteiger partial charge >= 0.3 is 0 Å². The number of hydrogen-bond acceptors (Lipinski definition) is 5. The van der Waals surface area contributed by atoms with Crippen LogP contribution in [0.2, 0.25) is 0 Å². The molecule has 2 N–H and O–H groups in total. The zero-order valence-corrected chi connectivity index (χ0v) is 19.8. The number of sulfone groups is 1. The molecule has 0 spiro atoms. The lowest BCUT2D eigenvalue weighted by Gasteiger charge is -2.26. The van der Waals surface area contributed by atoms with Gasteiger partial charge in [-0.25, -0.2) is 8.42 Å². The second-order valence-corrected chi connectivity index (χ2v) is 9.05. The van der Waals surface area contributed by atoms with E-state index in [1.807, 2.05) is 24.3 Å². The zero-order valence-electron chi connectivity index (χ0n) is 16.6. The molecule has 0 saturated carbocycles. The SMILES string of the molecule is CN=C(NCCN1CCS(=O)(=O)CC1)NCc1ccc(C(=O)N(C)C)cc1.I. The molecule has 0 radical (unpaired) electrons. The first-order valence-electron chi connectivity index (χ1n) is 8.98. The van der Waals surface area contributed by atoms with Gasteiger partial charge in [-0.2, -0.15) is 0 Å². The lowest BCUT2D eigenvalue weighted by Crippen LogP contribution is -2.45. The van der Waals surface area contributed by atoms with Crippen LogP contribution in [-0.4, -0.2) is 88.9 Å². The zero-order chi connectivity index (χ0) is 19.9. The van der Waals surface area contributed by atoms with E-state index in [1.54, 1.807) is 26.0 Å². The molecule has 1 amide bonds. The third kappa shape index (κ3) is 7.92. The van der Waals surface area contributed by atoms with Crippen LogP contribution >= 0.6 is 24.0 Å². The summed E-state index contributed by atoms with van der Waals surface area (Å²) in [6.45, 7) is 3.24. The lowest BCUT2D eigenvalue weighted by molar-refractivity contribution is 0.0827. The number of hydrogen-bond donors (Lipinski definition) is 2. The topological polar surface area (TPSA) is 94.1 Å². The molecule has 1 aliphatic heterocycles. The predicted molar refractivity (Wildman–Crippen MR) is 123 cm³/mol. The molecule has 1 aliphatic rings. The highest BCUT2D eigenvalue weighted by Gasteiger charge is 2.20. The van der Waals surface area contributed by atoms with Crippen LogP contribution in [0, 0.1) is 0 Å². The molecular formula is C18H30IN5O3S. The van der Waals surface area contributed by atoms with Crippen molar-refractivity contribution < 1.29 is 13.2 Å². The largest absolute Gasteiger partial charge is 0.355 e. The summed E-state index contributed by atoms with van der Waals surface area (Å²) >= 11 is 0. The first kappa shape index (κ1) is 24.6. The van der Waals surface area contributed by atoms with Gasteiger partial charge in [-0.15, -0.1) is 24.0 Å². The summed E-state index contributed by atoms with van der Waals surface area (Å²) in [7, 11) is 2.34. The van der Waals surface area contributed by atoms with Crippen molar-refractivity contribution in [3.05, 3.63) is 35.4 Å². The minimum atomic E-state index is -2.84. The summed E-state index contributed by atoms with van der Waals surface area (Å²) < 4.78 is 22.9. The smallest absolute Gasteiger partial charge is 0.253 e. The van der Waals surface area contributed by atoms with E-state index < -0.39 is 9.84 Å². The van der Waals surface area contributed by atoms with E-state index in [2.05, 4.69) is 20.5 Å². The number of benzene rings is 1. The Hall–Kier alpha value is -1.40. The highest BCUT2D eigenvalue weighted by Crippen LogP contribution is 2.06. The molecule has 1 aromatic rings. The molecule has 1 aromatic carbocycles. The van der Waals surface area contributed by atoms with Crippen LogP contribution in [0.5, 0.6) is 0 Å². The summed E-state index contributed by atoms with van der Waals surface area (Å²) in [6, 6.07) is 7.48. The first-order valence-corrected chi connectivity index (χ1v) is 10.8. The monoisotopic (exact) mass is 523 g/mol. The van der Waals surface area contributed by atoms with E-state index in [4.69, 9.17) is 0 Å². The van der Waals surface area contributed by atoms with Crippen molar-refractivity contribution in [2.24, 2.45) is 4.99 Å². The molecule has 0 aromatic heterocycles. The molecule has 1 heterocycles. The Balaban J connectivity index is 0.00000392. The van der Waals surface area contributed by atoms with Crippen molar-refractivity contribution >= 4 is 45.7 Å². The van der Waals surface area contributed by atoms with Crippen LogP contribution in [-0.2, 0) is 16.4 Å². The average Bonchev–Trinajstić information content (AvgIpc) is 2.65. The summed E-state index contributed by atoms with van der Waals surface area (Å²) in [4.78, 5) is 19.8. The summed E-state index contributed by atoms with van der Waals surface area (Å²) in [5.74, 6) is 1.16. The number of carbonyl (C=O) groups excluding carboxylic acids is 1. The van der Waals surface area contributed by atoms with Gasteiger partial charge in [-0.1, -0.05) is 12.1 Å². The Bertz CT molecular complexity index is 752. The molecule has 10 heteroatoms. The third-order valence-corrected chi connectivity index (χ3v) is 6.06. The van der Waals surface area contributed by atoms with Gasteiger partial charge in [0.05, 0.1) is 11.5 Å². The molecule has 1 saturated heterocycles. The van der Waals surface area contributed by atoms with Gasteiger partial charge in [0, 0.05) is 59.4 Å². The van der Waals surface area contributed by atoms with E-state index in [-0.39, 0.29) is 41.4 Å². The van der Waals surface area contributed by atoms with Crippen LogP contribution in [0.3, 0.4) is 0 Å². The van der Waals surface area contributed by atoms with Crippen molar-refractivity contribution in [1.82, 2.24) is 20.4 Å². The van der Waals surface area contributed by atoms with Gasteiger partial charge in [0.1, 0.15) is 0 Å². The fourth-order valence-electron chi connectivity index (χ4n) is 2.74. The molecule has 0 bridgehead atoms. The number of halogens is 1. The van der Waals surface area contributed by atoms with Gasteiger partial charge < -0.3 is 15.5 Å². The molecule has 0 atom stereocenters. The second-order valence-electron chi connectivity index (χ2n) is 6.74. The van der Waals surface area contributed by atoms with Crippen molar-refractivity contribution in [2.75, 3.05) is 58.8 Å². The molecule has 0 unspecified atom stereocenters. The number of nitrogens with one attached hydrogen (secondary N) is 2. The molecule has 8 nitrogen and oxygen atoms in total. The molecule has 28 heavy (non-hydrogen) atoms. The van der Waals surface area contributed by atoms with E-state index in [0.717, 1.165) is 12.1 Å². The van der Waals surface area contributed by atoms with Crippen LogP contribution < -0.4 is 10.6 Å². The van der Waals surface area contributed by atoms with Gasteiger partial charge in [0.15, 0.2) is 15.8 Å². The average molecular weight is 523 g/mol. The number of nitrogens with zero attached hydrogens (tertiary/aromatic N) is 3. The number of guanidine groups is 1. The van der Waals surface area contributed by atoms with Crippen molar-refractivity contribution in [3.63, 3.8) is 0 Å². The summed E-state index contributed by atoms with van der Waals surface area (Å²) in [5, 5.41) is 6.48. The summed E-state index contributed by atoms with van der Waals surface area (Å²) in [6.07, 6.45) is 0. The van der Waals surface area contributed by atoms with Crippen molar-refractivity contribution in [1.29, 1.82) is 0 Å². The summed E-state index contributed by atoms with van der Waals surface area (Å²) in [5.41, 5.74) is 1.71. The third-order valence-electron chi connectivity index (χ3n) is 4.45. The highest BCUT2D eigenvalue weighted by atomic mass is 127. The van der Waals surface area contributed by atoms with Crippen LogP contribution in [0.25, 0.3) is 0 Å². The highest BCUT2D eigenvalue weighted by molar-refractivity contribution is 14.0. The Morgan fingerprint density at radius 1 is 1.14 bits per heavy atom. The van der Waals surface area contributed by atoms with Gasteiger partial charge in [-0.05, 0) is 17.7 Å². The van der Waals surface area contributed by atoms with Gasteiger partial charge in [0.2, 0.25) is 0 Å². The maximum atomic E-state index is 11.9. The number of carbonyl (C=O) groups is 1. The van der Waals surface area contributed by atoms with Crippen LogP contribution in [0.4, 0.5) is 0 Å². The molecule has 158 valence electrons. The second kappa shape index (κ2) is 11.6. The quantitative estimate of drug-likeness (QED) is 0.319. The predicted octanol–water partition coefficient (Wildman–Crippen LogP) is 0.402. The lowest BCUT2D eigenvalue weighted by atomic mass is 10.1. The first-order chi connectivity index (χ1) is 12.8. The van der Waals surface area contributed by atoms with Gasteiger partial charge in [-0.3, -0.25) is 14.7 Å². The maximum Gasteiger partial charge on any atom is 0.253 e. The standard InChI is InChI=1S/C18H29N5O3S.HI/c1-19-18(20-8-9-23-10-12-27(25,26)13-11-23)21-14-15-4-6-16(7-5-15)17(24)22(2)3;/h4-7H,8-14H2,1-3H3,(H2,19,20,21);1H. The van der Waals surface area contributed by atoms with E-state index in [0.29, 0.717) is 37.7 Å². The Morgan fingerprint density at radius 2 is 1.75 bits per heavy atom. The maximum absolute atomic E-state index is 11.9. The van der Waals surface area contributed by atoms with E-state index in [9.17, 15) is 13.2 Å². The van der Waals surface area contributed by atoms with Gasteiger partial charge in [0.25, 0.3) is 5.91 Å². The number of amides is 1. The fraction of sp³-hybridized carbons (Fsp3) is 0.556. The fourth-order valence-corrected chi connectivity index (χ4v) is 4.01. The van der Waals surface area contributed by atoms with E-state index in [1.165, 1.54) is 0 Å². The number of rotatable bonds is 6. The Labute approximate surface area is 184 Å². The minimum absolute atomic E-state index is 0. The van der Waals surface area contributed by atoms with E-state index >= 15 is 0 Å². The van der Waals surface area contributed by atoms with Crippen LogP contribution in [0.1, 0.15) is 15.9 Å². The minimum Gasteiger partial charge on any atom is -0.355 e. The van der Waals surface area contributed by atoms with Crippen molar-refractivity contribution in [3.8, 4) is 0 Å².